The standard InChI is InChI=1S/C24H27N4O/c1-2-3-10-22-26-24(15-6-7-16-24)23(29)28(22)17-18-11-13-19(14-12-18)20-8-4-5-9-21(20)27-25/h4-5,8-9,11-14H,2-3,6-7,10,15-17H2,1H3/q+1. The summed E-state index contributed by atoms with van der Waals surface area (Å²) in [6.07, 6.45) is 6.98. The molecule has 2 aliphatic rings. The molecule has 0 bridgehead atoms. The summed E-state index contributed by atoms with van der Waals surface area (Å²) in [5, 5.41) is 9.22. The van der Waals surface area contributed by atoms with Crippen LogP contribution in [0.1, 0.15) is 57.4 Å². The summed E-state index contributed by atoms with van der Waals surface area (Å²) in [6, 6.07) is 15.6. The maximum Gasteiger partial charge on any atom is 0.392 e. The number of aliphatic imine (C=N–C) groups is 1. The summed E-state index contributed by atoms with van der Waals surface area (Å²) in [4.78, 5) is 23.5. The molecule has 0 saturated heterocycles. The molecule has 1 aliphatic heterocycles. The van der Waals surface area contributed by atoms with Gasteiger partial charge in [-0.15, -0.1) is 0 Å². The number of hydrogen-bond acceptors (Lipinski definition) is 3. The number of carbonyl (C=O) groups excluding carboxylic acids is 1. The van der Waals surface area contributed by atoms with Gasteiger partial charge in [-0.05, 0) is 36.5 Å². The first kappa shape index (κ1) is 19.3. The summed E-state index contributed by atoms with van der Waals surface area (Å²) in [5.41, 5.74) is 3.02. The number of amides is 1. The minimum Gasteiger partial charge on any atom is -0.294 e. The van der Waals surface area contributed by atoms with Crippen molar-refractivity contribution in [1.82, 2.24) is 4.90 Å². The molecule has 29 heavy (non-hydrogen) atoms. The Morgan fingerprint density at radius 3 is 2.52 bits per heavy atom. The zero-order valence-corrected chi connectivity index (χ0v) is 17.0. The van der Waals surface area contributed by atoms with Crippen LogP contribution in [0, 0.1) is 5.39 Å². The Kier molecular flexibility index (Phi) is 5.44. The van der Waals surface area contributed by atoms with Crippen molar-refractivity contribution in [2.45, 2.75) is 64.0 Å². The molecule has 1 saturated carbocycles. The molecular weight excluding hydrogens is 360 g/mol. The van der Waals surface area contributed by atoms with Crippen molar-refractivity contribution in [3.8, 4) is 11.1 Å². The van der Waals surface area contributed by atoms with Crippen molar-refractivity contribution in [2.24, 2.45) is 4.99 Å². The van der Waals surface area contributed by atoms with Gasteiger partial charge in [0.1, 0.15) is 11.4 Å². The Morgan fingerprint density at radius 1 is 1.10 bits per heavy atom. The average Bonchev–Trinajstić information content (AvgIpc) is 3.33. The third-order valence-electron chi connectivity index (χ3n) is 6.10. The van der Waals surface area contributed by atoms with Gasteiger partial charge in [0.25, 0.3) is 5.91 Å². The lowest BCUT2D eigenvalue weighted by atomic mass is 9.98. The maximum absolute atomic E-state index is 13.3. The minimum atomic E-state index is -0.482. The number of benzene rings is 2. The second kappa shape index (κ2) is 8.16. The fourth-order valence-corrected chi connectivity index (χ4v) is 4.48. The van der Waals surface area contributed by atoms with Gasteiger partial charge in [-0.1, -0.05) is 62.6 Å². The van der Waals surface area contributed by atoms with Gasteiger partial charge in [0.2, 0.25) is 5.39 Å². The fourth-order valence-electron chi connectivity index (χ4n) is 4.48. The summed E-state index contributed by atoms with van der Waals surface area (Å²) in [6.45, 7) is 2.73. The molecule has 1 fully saturated rings. The van der Waals surface area contributed by atoms with Crippen LogP contribution in [0.25, 0.3) is 16.1 Å². The van der Waals surface area contributed by atoms with Crippen molar-refractivity contribution in [3.63, 3.8) is 0 Å². The highest BCUT2D eigenvalue weighted by atomic mass is 16.2. The van der Waals surface area contributed by atoms with E-state index in [0.29, 0.717) is 12.2 Å². The number of unbranched alkanes of at least 4 members (excludes halogenated alkanes) is 1. The van der Waals surface area contributed by atoms with E-state index in [2.05, 4.69) is 11.9 Å². The van der Waals surface area contributed by atoms with Crippen molar-refractivity contribution >= 4 is 17.4 Å². The Bertz CT molecular complexity index is 965. The molecule has 5 heteroatoms. The van der Waals surface area contributed by atoms with Gasteiger partial charge in [0.05, 0.1) is 12.1 Å². The van der Waals surface area contributed by atoms with Crippen LogP contribution in [0.4, 0.5) is 5.69 Å². The predicted molar refractivity (Wildman–Crippen MR) is 115 cm³/mol. The quantitative estimate of drug-likeness (QED) is 0.564. The largest absolute Gasteiger partial charge is 0.392 e. The number of amidine groups is 1. The molecule has 148 valence electrons. The molecule has 0 N–H and O–H groups in total. The van der Waals surface area contributed by atoms with Crippen LogP contribution in [-0.2, 0) is 11.3 Å². The van der Waals surface area contributed by atoms with Gasteiger partial charge in [0, 0.05) is 12.5 Å². The SMILES string of the molecule is CCCCC1=NC2(CCCC2)C(=O)N1Cc1ccc(-c2ccccc2[N+]#N)cc1. The molecule has 2 aromatic carbocycles. The van der Waals surface area contributed by atoms with E-state index in [0.717, 1.165) is 67.5 Å². The normalized spacial score (nSPS) is 17.6. The second-order valence-electron chi connectivity index (χ2n) is 8.08. The summed E-state index contributed by atoms with van der Waals surface area (Å²) < 4.78 is 0. The van der Waals surface area contributed by atoms with Crippen LogP contribution in [0.5, 0.6) is 0 Å². The zero-order valence-electron chi connectivity index (χ0n) is 17.0. The van der Waals surface area contributed by atoms with Crippen LogP contribution < -0.4 is 0 Å². The van der Waals surface area contributed by atoms with Crippen LogP contribution in [0.3, 0.4) is 0 Å². The molecule has 0 aromatic heterocycles. The van der Waals surface area contributed by atoms with E-state index in [1.54, 1.807) is 6.07 Å². The Morgan fingerprint density at radius 2 is 1.83 bits per heavy atom. The molecule has 1 aliphatic carbocycles. The van der Waals surface area contributed by atoms with E-state index >= 15 is 0 Å². The lowest BCUT2D eigenvalue weighted by Gasteiger charge is -2.22. The highest BCUT2D eigenvalue weighted by Crippen LogP contribution is 2.40. The van der Waals surface area contributed by atoms with Crippen molar-refractivity contribution < 1.29 is 4.79 Å². The van der Waals surface area contributed by atoms with Crippen LogP contribution in [0.2, 0.25) is 0 Å². The first-order valence-corrected chi connectivity index (χ1v) is 10.6. The summed E-state index contributed by atoms with van der Waals surface area (Å²) in [7, 11) is 0. The Balaban J connectivity index is 1.56. The predicted octanol–water partition coefficient (Wildman–Crippen LogP) is 6.08. The van der Waals surface area contributed by atoms with E-state index in [1.807, 2.05) is 47.4 Å². The van der Waals surface area contributed by atoms with Crippen molar-refractivity contribution in [2.75, 3.05) is 0 Å². The van der Waals surface area contributed by atoms with Crippen molar-refractivity contribution in [3.05, 3.63) is 59.1 Å². The van der Waals surface area contributed by atoms with E-state index in [-0.39, 0.29) is 5.91 Å². The van der Waals surface area contributed by atoms with Gasteiger partial charge in [-0.25, -0.2) is 0 Å². The number of hydrogen-bond donors (Lipinski definition) is 0. The molecule has 1 heterocycles. The number of diazo groups is 1. The molecular formula is C24H27N4O+. The molecule has 0 unspecified atom stereocenters. The smallest absolute Gasteiger partial charge is 0.294 e. The summed E-state index contributed by atoms with van der Waals surface area (Å²) in [5.74, 6) is 1.15. The molecule has 2 aromatic rings. The van der Waals surface area contributed by atoms with E-state index in [1.165, 1.54) is 0 Å². The van der Waals surface area contributed by atoms with Crippen LogP contribution in [0.15, 0.2) is 53.5 Å². The fraction of sp³-hybridized carbons (Fsp3) is 0.417. The lowest BCUT2D eigenvalue weighted by Crippen LogP contribution is -2.40. The Labute approximate surface area is 172 Å². The van der Waals surface area contributed by atoms with Gasteiger partial charge >= 0.3 is 5.69 Å². The van der Waals surface area contributed by atoms with Gasteiger partial charge < -0.3 is 0 Å². The zero-order chi connectivity index (χ0) is 20.3. The van der Waals surface area contributed by atoms with Gasteiger partial charge in [-0.3, -0.25) is 14.7 Å². The molecule has 5 nitrogen and oxygen atoms in total. The third kappa shape index (κ3) is 3.67. The molecule has 0 radical (unpaired) electrons. The molecule has 1 amide bonds. The van der Waals surface area contributed by atoms with Crippen LogP contribution in [-0.4, -0.2) is 22.2 Å². The number of carbonyl (C=O) groups is 1. The maximum atomic E-state index is 13.3. The summed E-state index contributed by atoms with van der Waals surface area (Å²) >= 11 is 0. The lowest BCUT2D eigenvalue weighted by molar-refractivity contribution is -0.131. The molecule has 1 spiro atoms. The Hall–Kier alpha value is -3.00. The first-order chi connectivity index (χ1) is 14.2. The average molecular weight is 388 g/mol. The topological polar surface area (TPSA) is 60.8 Å². The first-order valence-electron chi connectivity index (χ1n) is 10.6. The molecule has 0 atom stereocenters. The van der Waals surface area contributed by atoms with E-state index in [4.69, 9.17) is 4.99 Å². The van der Waals surface area contributed by atoms with E-state index < -0.39 is 5.54 Å². The number of rotatable bonds is 6. The minimum absolute atomic E-state index is 0.189. The highest BCUT2D eigenvalue weighted by Gasteiger charge is 2.49. The third-order valence-corrected chi connectivity index (χ3v) is 6.10. The van der Waals surface area contributed by atoms with Crippen LogP contribution >= 0.6 is 0 Å². The van der Waals surface area contributed by atoms with Gasteiger partial charge in [0.15, 0.2) is 4.98 Å². The molecule has 4 rings (SSSR count). The van der Waals surface area contributed by atoms with Crippen molar-refractivity contribution in [1.29, 1.82) is 5.39 Å². The van der Waals surface area contributed by atoms with E-state index in [9.17, 15) is 10.2 Å². The highest BCUT2D eigenvalue weighted by molar-refractivity contribution is 6.08. The monoisotopic (exact) mass is 387 g/mol. The second-order valence-corrected chi connectivity index (χ2v) is 8.08. The van der Waals surface area contributed by atoms with Gasteiger partial charge in [-0.2, -0.15) is 0 Å². The number of nitrogens with zero attached hydrogens (tertiary/aromatic N) is 4.